The maximum absolute atomic E-state index is 12.1. The van der Waals surface area contributed by atoms with E-state index in [1.54, 1.807) is 0 Å². The number of nitro groups is 1. The molecule has 0 aromatic carbocycles. The van der Waals surface area contributed by atoms with Gasteiger partial charge in [-0.25, -0.2) is 0 Å². The van der Waals surface area contributed by atoms with Crippen LogP contribution in [0.3, 0.4) is 0 Å². The van der Waals surface area contributed by atoms with Gasteiger partial charge in [0.05, 0.1) is 0 Å². The Kier molecular flexibility index (Phi) is 3.26. The fourth-order valence-electron chi connectivity index (χ4n) is 3.21. The van der Waals surface area contributed by atoms with Crippen LogP contribution in [0, 0.1) is 16.0 Å². The highest BCUT2D eigenvalue weighted by atomic mass is 16.6. The first-order chi connectivity index (χ1) is 8.07. The molecule has 17 heavy (non-hydrogen) atoms. The summed E-state index contributed by atoms with van der Waals surface area (Å²) in [5.74, 6) is -0.552. The monoisotopic (exact) mass is 239 g/mol. The summed E-state index contributed by atoms with van der Waals surface area (Å²) in [6.07, 6.45) is 4.07. The van der Waals surface area contributed by atoms with Gasteiger partial charge >= 0.3 is 0 Å². The number of rotatable bonds is 2. The van der Waals surface area contributed by atoms with Gasteiger partial charge in [0.2, 0.25) is 5.78 Å². The van der Waals surface area contributed by atoms with Crippen LogP contribution in [0.4, 0.5) is 0 Å². The first-order valence-corrected chi connectivity index (χ1v) is 6.27. The predicted octanol–water partition coefficient (Wildman–Crippen LogP) is 1.90. The lowest BCUT2D eigenvalue weighted by atomic mass is 9.76. The Labute approximate surface area is 99.7 Å². The molecule has 5 nitrogen and oxygen atoms in total. The summed E-state index contributed by atoms with van der Waals surface area (Å²) in [7, 11) is 0. The van der Waals surface area contributed by atoms with Crippen LogP contribution in [0.1, 0.15) is 51.4 Å². The number of carbonyl (C=O) groups excluding carboxylic acids is 2. The lowest BCUT2D eigenvalue weighted by molar-refractivity contribution is -0.563. The zero-order valence-corrected chi connectivity index (χ0v) is 9.81. The van der Waals surface area contributed by atoms with Crippen molar-refractivity contribution in [2.45, 2.75) is 56.9 Å². The molecule has 0 saturated heterocycles. The van der Waals surface area contributed by atoms with Crippen molar-refractivity contribution in [3.8, 4) is 0 Å². The number of hydrogen-bond acceptors (Lipinski definition) is 4. The smallest absolute Gasteiger partial charge is 0.282 e. The molecule has 2 saturated carbocycles. The van der Waals surface area contributed by atoms with E-state index in [1.807, 2.05) is 0 Å². The Hall–Kier alpha value is -1.26. The van der Waals surface area contributed by atoms with Crippen LogP contribution >= 0.6 is 0 Å². The molecule has 5 heteroatoms. The molecule has 0 aliphatic heterocycles. The molecule has 2 rings (SSSR count). The maximum atomic E-state index is 12.1. The van der Waals surface area contributed by atoms with Gasteiger partial charge in [-0.15, -0.1) is 0 Å². The molecular weight excluding hydrogens is 222 g/mol. The molecule has 0 aromatic rings. The number of Topliss-reactive ketones (excluding diaryl/α,β-unsaturated/α-hetero) is 2. The molecule has 2 fully saturated rings. The van der Waals surface area contributed by atoms with Gasteiger partial charge in [-0.3, -0.25) is 19.7 Å². The predicted molar refractivity (Wildman–Crippen MR) is 60.2 cm³/mol. The number of carbonyl (C=O) groups is 2. The Bertz CT molecular complexity index is 366. The molecule has 0 spiro atoms. The summed E-state index contributed by atoms with van der Waals surface area (Å²) in [4.78, 5) is 34.4. The Morgan fingerprint density at radius 2 is 1.94 bits per heavy atom. The van der Waals surface area contributed by atoms with Gasteiger partial charge in [-0.05, 0) is 19.3 Å². The van der Waals surface area contributed by atoms with E-state index >= 15 is 0 Å². The summed E-state index contributed by atoms with van der Waals surface area (Å²) in [6.45, 7) is 0. The summed E-state index contributed by atoms with van der Waals surface area (Å²) < 4.78 is 0. The standard InChI is InChI=1S/C12H17NO4/c14-10-6-5-9(8-10)12(13(16)17)7-3-1-2-4-11(12)15/h9H,1-8H2. The molecule has 0 aromatic heterocycles. The average Bonchev–Trinajstić information content (AvgIpc) is 2.59. The van der Waals surface area contributed by atoms with Crippen LogP contribution in [-0.4, -0.2) is 22.0 Å². The SMILES string of the molecule is O=C1CCC(C2([N+](=O)[O-])CCCCCC2=O)C1. The second kappa shape index (κ2) is 4.55. The van der Waals surface area contributed by atoms with E-state index in [0.717, 1.165) is 19.3 Å². The number of nitrogens with zero attached hydrogens (tertiary/aromatic N) is 1. The molecule has 2 atom stereocenters. The summed E-state index contributed by atoms with van der Waals surface area (Å²) in [6, 6.07) is 0. The molecule has 0 amide bonds. The minimum atomic E-state index is -1.46. The third-order valence-corrected chi connectivity index (χ3v) is 4.19. The maximum Gasteiger partial charge on any atom is 0.282 e. The molecule has 0 bridgehead atoms. The van der Waals surface area contributed by atoms with E-state index in [-0.39, 0.29) is 23.9 Å². The lowest BCUT2D eigenvalue weighted by Gasteiger charge is -2.27. The van der Waals surface area contributed by atoms with Crippen LogP contribution in [0.5, 0.6) is 0 Å². The van der Waals surface area contributed by atoms with Crippen molar-refractivity contribution >= 4 is 11.6 Å². The van der Waals surface area contributed by atoms with Gasteiger partial charge in [-0.2, -0.15) is 0 Å². The topological polar surface area (TPSA) is 77.3 Å². The fourth-order valence-corrected chi connectivity index (χ4v) is 3.21. The van der Waals surface area contributed by atoms with Crippen molar-refractivity contribution in [2.75, 3.05) is 0 Å². The van der Waals surface area contributed by atoms with Crippen molar-refractivity contribution in [3.05, 3.63) is 10.1 Å². The molecule has 2 aliphatic rings. The number of hydrogen-bond donors (Lipinski definition) is 0. The van der Waals surface area contributed by atoms with Crippen LogP contribution in [0.25, 0.3) is 0 Å². The highest BCUT2D eigenvalue weighted by Crippen LogP contribution is 2.41. The van der Waals surface area contributed by atoms with Gasteiger partial charge in [-0.1, -0.05) is 6.42 Å². The Balaban J connectivity index is 2.32. The van der Waals surface area contributed by atoms with Crippen molar-refractivity contribution in [3.63, 3.8) is 0 Å². The van der Waals surface area contributed by atoms with Gasteiger partial charge in [0, 0.05) is 36.5 Å². The first kappa shape index (κ1) is 12.2. The van der Waals surface area contributed by atoms with Gasteiger partial charge < -0.3 is 0 Å². The molecular formula is C12H17NO4. The minimum absolute atomic E-state index is 0.0632. The zero-order chi connectivity index (χ0) is 12.5. The third-order valence-electron chi connectivity index (χ3n) is 4.19. The van der Waals surface area contributed by atoms with Crippen LogP contribution in [-0.2, 0) is 9.59 Å². The second-order valence-corrected chi connectivity index (χ2v) is 5.14. The minimum Gasteiger partial charge on any atom is -0.300 e. The van der Waals surface area contributed by atoms with E-state index in [0.29, 0.717) is 25.7 Å². The lowest BCUT2D eigenvalue weighted by Crippen LogP contribution is -2.51. The van der Waals surface area contributed by atoms with Crippen LogP contribution in [0.2, 0.25) is 0 Å². The second-order valence-electron chi connectivity index (χ2n) is 5.14. The third kappa shape index (κ3) is 1.98. The number of ketones is 2. The van der Waals surface area contributed by atoms with Crippen molar-refractivity contribution < 1.29 is 14.5 Å². The van der Waals surface area contributed by atoms with Gasteiger partial charge in [0.15, 0.2) is 0 Å². The largest absolute Gasteiger partial charge is 0.300 e. The van der Waals surface area contributed by atoms with Crippen LogP contribution < -0.4 is 0 Å². The molecule has 2 aliphatic carbocycles. The van der Waals surface area contributed by atoms with E-state index in [4.69, 9.17) is 0 Å². The van der Waals surface area contributed by atoms with Crippen molar-refractivity contribution in [1.29, 1.82) is 0 Å². The Morgan fingerprint density at radius 3 is 2.53 bits per heavy atom. The van der Waals surface area contributed by atoms with Crippen LogP contribution in [0.15, 0.2) is 0 Å². The van der Waals surface area contributed by atoms with E-state index < -0.39 is 10.5 Å². The molecule has 2 unspecified atom stereocenters. The van der Waals surface area contributed by atoms with Crippen molar-refractivity contribution in [2.24, 2.45) is 5.92 Å². The van der Waals surface area contributed by atoms with E-state index in [2.05, 4.69) is 0 Å². The molecule has 0 heterocycles. The normalized spacial score (nSPS) is 34.7. The Morgan fingerprint density at radius 1 is 1.18 bits per heavy atom. The molecule has 0 N–H and O–H groups in total. The summed E-state index contributed by atoms with van der Waals surface area (Å²) in [5, 5.41) is 11.4. The first-order valence-electron chi connectivity index (χ1n) is 6.27. The molecule has 94 valence electrons. The summed E-state index contributed by atoms with van der Waals surface area (Å²) >= 11 is 0. The van der Waals surface area contributed by atoms with Gasteiger partial charge in [0.25, 0.3) is 5.54 Å². The fraction of sp³-hybridized carbons (Fsp3) is 0.833. The van der Waals surface area contributed by atoms with E-state index in [9.17, 15) is 19.7 Å². The highest BCUT2D eigenvalue weighted by Gasteiger charge is 2.57. The van der Waals surface area contributed by atoms with E-state index in [1.165, 1.54) is 0 Å². The molecule has 0 radical (unpaired) electrons. The van der Waals surface area contributed by atoms with Gasteiger partial charge in [0.1, 0.15) is 5.78 Å². The van der Waals surface area contributed by atoms with Crippen molar-refractivity contribution in [1.82, 2.24) is 0 Å². The quantitative estimate of drug-likeness (QED) is 0.419. The average molecular weight is 239 g/mol. The summed E-state index contributed by atoms with van der Waals surface area (Å²) in [5.41, 5.74) is -1.46. The highest BCUT2D eigenvalue weighted by molar-refractivity contribution is 5.90. The zero-order valence-electron chi connectivity index (χ0n) is 9.81.